The molecule has 0 atom stereocenters. The van der Waals surface area contributed by atoms with E-state index >= 15 is 0 Å². The zero-order valence-electron chi connectivity index (χ0n) is 8.39. The van der Waals surface area contributed by atoms with Crippen LogP contribution in [0.25, 0.3) is 0 Å². The first-order valence-corrected chi connectivity index (χ1v) is 5.81. The van der Waals surface area contributed by atoms with Crippen LogP contribution >= 0.6 is 0 Å². The zero-order valence-corrected chi connectivity index (χ0v) is 9.21. The van der Waals surface area contributed by atoms with E-state index in [2.05, 4.69) is 0 Å². The average molecular weight is 256 g/mol. The Balaban J connectivity index is 3.70. The Kier molecular flexibility index (Phi) is 3.27. The molecule has 1 rings (SSSR count). The van der Waals surface area contributed by atoms with Crippen LogP contribution in [0.5, 0.6) is 0 Å². The van der Waals surface area contributed by atoms with Crippen molar-refractivity contribution in [2.45, 2.75) is 24.0 Å². The molecule has 0 aromatic heterocycles. The number of halogens is 4. The number of sulfone groups is 1. The van der Waals surface area contributed by atoms with Crippen molar-refractivity contribution in [3.05, 3.63) is 29.3 Å². The topological polar surface area (TPSA) is 34.1 Å². The second-order valence-electron chi connectivity index (χ2n) is 3.39. The second kappa shape index (κ2) is 4.04. The molecule has 0 N–H and O–H groups in total. The van der Waals surface area contributed by atoms with Gasteiger partial charge in [0.1, 0.15) is 4.90 Å². The largest absolute Gasteiger partial charge is 0.223 e. The maximum absolute atomic E-state index is 13.1. The van der Waals surface area contributed by atoms with E-state index in [0.717, 1.165) is 13.8 Å². The Labute approximate surface area is 89.8 Å². The number of rotatable bonds is 2. The van der Waals surface area contributed by atoms with Crippen LogP contribution in [0.2, 0.25) is 0 Å². The van der Waals surface area contributed by atoms with E-state index in [1.807, 2.05) is 0 Å². The van der Waals surface area contributed by atoms with Crippen LogP contribution in [0.3, 0.4) is 0 Å². The summed E-state index contributed by atoms with van der Waals surface area (Å²) in [5.41, 5.74) is 0. The van der Waals surface area contributed by atoms with E-state index < -0.39 is 43.3 Å². The molecule has 0 bridgehead atoms. The van der Waals surface area contributed by atoms with Crippen molar-refractivity contribution in [3.8, 4) is 0 Å². The Bertz CT molecular complexity index is 497. The Morgan fingerprint density at radius 1 is 1.00 bits per heavy atom. The van der Waals surface area contributed by atoms with Crippen LogP contribution in [0.1, 0.15) is 13.8 Å². The van der Waals surface area contributed by atoms with Crippen LogP contribution in [-0.2, 0) is 9.84 Å². The van der Waals surface area contributed by atoms with Crippen LogP contribution in [0, 0.1) is 23.3 Å². The number of benzene rings is 1. The quantitative estimate of drug-likeness (QED) is 0.601. The highest BCUT2D eigenvalue weighted by molar-refractivity contribution is 7.92. The van der Waals surface area contributed by atoms with Gasteiger partial charge in [0.25, 0.3) is 0 Å². The van der Waals surface area contributed by atoms with Crippen molar-refractivity contribution in [1.82, 2.24) is 0 Å². The zero-order chi connectivity index (χ0) is 12.7. The molecule has 0 radical (unpaired) electrons. The summed E-state index contributed by atoms with van der Waals surface area (Å²) in [5.74, 6) is -7.27. The summed E-state index contributed by atoms with van der Waals surface area (Å²) < 4.78 is 74.7. The minimum atomic E-state index is -4.41. The third-order valence-electron chi connectivity index (χ3n) is 1.98. The van der Waals surface area contributed by atoms with Gasteiger partial charge in [-0.3, -0.25) is 0 Å². The Morgan fingerprint density at radius 3 is 1.69 bits per heavy atom. The SMILES string of the molecule is CC(C)S(=O)(=O)c1c(F)c(F)cc(F)c1F. The van der Waals surface area contributed by atoms with Crippen molar-refractivity contribution in [3.63, 3.8) is 0 Å². The molecule has 2 nitrogen and oxygen atoms in total. The van der Waals surface area contributed by atoms with Gasteiger partial charge in [0.05, 0.1) is 5.25 Å². The summed E-state index contributed by atoms with van der Waals surface area (Å²) in [4.78, 5) is -1.56. The van der Waals surface area contributed by atoms with Crippen molar-refractivity contribution < 1.29 is 26.0 Å². The van der Waals surface area contributed by atoms with Gasteiger partial charge < -0.3 is 0 Å². The molecule has 0 aliphatic carbocycles. The van der Waals surface area contributed by atoms with Gasteiger partial charge in [-0.25, -0.2) is 26.0 Å². The molecular formula is C9H8F4O2S. The van der Waals surface area contributed by atoms with Crippen LogP contribution in [-0.4, -0.2) is 13.7 Å². The standard InChI is InChI=1S/C9H8F4O2S/c1-4(2)16(14,15)9-7(12)5(10)3-6(11)8(9)13/h3-4H,1-2H3. The van der Waals surface area contributed by atoms with Gasteiger partial charge in [-0.1, -0.05) is 0 Å². The summed E-state index contributed by atoms with van der Waals surface area (Å²) in [7, 11) is -4.41. The highest BCUT2D eigenvalue weighted by atomic mass is 32.2. The molecule has 0 spiro atoms. The summed E-state index contributed by atoms with van der Waals surface area (Å²) >= 11 is 0. The fraction of sp³-hybridized carbons (Fsp3) is 0.333. The molecular weight excluding hydrogens is 248 g/mol. The van der Waals surface area contributed by atoms with Crippen LogP contribution < -0.4 is 0 Å². The first kappa shape index (κ1) is 13.0. The van der Waals surface area contributed by atoms with Crippen molar-refractivity contribution in [2.75, 3.05) is 0 Å². The third kappa shape index (κ3) is 1.91. The summed E-state index contributed by atoms with van der Waals surface area (Å²) in [6, 6.07) is -0.0377. The van der Waals surface area contributed by atoms with Crippen LogP contribution in [0.15, 0.2) is 11.0 Å². The molecule has 1 aromatic carbocycles. The van der Waals surface area contributed by atoms with Crippen LogP contribution in [0.4, 0.5) is 17.6 Å². The maximum atomic E-state index is 13.1. The second-order valence-corrected chi connectivity index (χ2v) is 5.83. The van der Waals surface area contributed by atoms with Crippen molar-refractivity contribution >= 4 is 9.84 Å². The van der Waals surface area contributed by atoms with Gasteiger partial charge in [0.15, 0.2) is 33.1 Å². The van der Waals surface area contributed by atoms with Crippen molar-refractivity contribution in [1.29, 1.82) is 0 Å². The fourth-order valence-electron chi connectivity index (χ4n) is 1.04. The molecule has 0 aliphatic heterocycles. The molecule has 0 aliphatic rings. The number of hydrogen-bond donors (Lipinski definition) is 0. The van der Waals surface area contributed by atoms with Gasteiger partial charge in [-0.05, 0) is 13.8 Å². The first-order valence-electron chi connectivity index (χ1n) is 4.26. The van der Waals surface area contributed by atoms with E-state index in [0.29, 0.717) is 0 Å². The number of hydrogen-bond acceptors (Lipinski definition) is 2. The molecule has 0 fully saturated rings. The maximum Gasteiger partial charge on any atom is 0.186 e. The van der Waals surface area contributed by atoms with Gasteiger partial charge in [-0.15, -0.1) is 0 Å². The lowest BCUT2D eigenvalue weighted by atomic mass is 10.3. The highest BCUT2D eigenvalue weighted by Crippen LogP contribution is 2.26. The smallest absolute Gasteiger partial charge is 0.186 e. The molecule has 0 unspecified atom stereocenters. The predicted molar refractivity (Wildman–Crippen MR) is 48.6 cm³/mol. The van der Waals surface area contributed by atoms with Gasteiger partial charge in [-0.2, -0.15) is 0 Å². The highest BCUT2D eigenvalue weighted by Gasteiger charge is 2.31. The molecule has 0 saturated heterocycles. The lowest BCUT2D eigenvalue weighted by molar-refractivity contribution is 0.418. The average Bonchev–Trinajstić information content (AvgIpc) is 2.14. The lowest BCUT2D eigenvalue weighted by Gasteiger charge is -2.10. The molecule has 1 aromatic rings. The summed E-state index contributed by atoms with van der Waals surface area (Å²) in [6.07, 6.45) is 0. The van der Waals surface area contributed by atoms with E-state index in [9.17, 15) is 26.0 Å². The molecule has 0 saturated carbocycles. The minimum Gasteiger partial charge on any atom is -0.223 e. The lowest BCUT2D eigenvalue weighted by Crippen LogP contribution is -2.19. The normalized spacial score (nSPS) is 12.2. The summed E-state index contributed by atoms with van der Waals surface area (Å²) in [5, 5.41) is -1.18. The minimum absolute atomic E-state index is 0.0377. The molecule has 16 heavy (non-hydrogen) atoms. The van der Waals surface area contributed by atoms with E-state index in [-0.39, 0.29) is 6.07 Å². The van der Waals surface area contributed by atoms with Gasteiger partial charge in [0.2, 0.25) is 0 Å². The van der Waals surface area contributed by atoms with E-state index in [1.54, 1.807) is 0 Å². The van der Waals surface area contributed by atoms with Gasteiger partial charge >= 0.3 is 0 Å². The van der Waals surface area contributed by atoms with Crippen molar-refractivity contribution in [2.24, 2.45) is 0 Å². The Hall–Kier alpha value is -1.11. The molecule has 90 valence electrons. The predicted octanol–water partition coefficient (Wildman–Crippen LogP) is 2.43. The molecule has 0 heterocycles. The van der Waals surface area contributed by atoms with Gasteiger partial charge in [0, 0.05) is 6.07 Å². The van der Waals surface area contributed by atoms with E-state index in [4.69, 9.17) is 0 Å². The molecule has 0 amide bonds. The molecule has 7 heteroatoms. The fourth-order valence-corrected chi connectivity index (χ4v) is 2.20. The first-order chi connectivity index (χ1) is 7.19. The summed E-state index contributed by atoms with van der Waals surface area (Å²) in [6.45, 7) is 2.30. The third-order valence-corrected chi connectivity index (χ3v) is 4.15. The monoisotopic (exact) mass is 256 g/mol. The van der Waals surface area contributed by atoms with E-state index in [1.165, 1.54) is 0 Å². The Morgan fingerprint density at radius 2 is 1.38 bits per heavy atom.